The number of fused-ring (bicyclic) bond motifs is 1. The molecule has 1 saturated heterocycles. The number of anilines is 2. The predicted octanol–water partition coefficient (Wildman–Crippen LogP) is 0.391. The van der Waals surface area contributed by atoms with E-state index in [1.807, 2.05) is 0 Å². The van der Waals surface area contributed by atoms with E-state index in [2.05, 4.69) is 40.6 Å². The molecule has 1 atom stereocenters. The van der Waals surface area contributed by atoms with Crippen LogP contribution in [0.1, 0.15) is 35.3 Å². The molecule has 3 aromatic rings. The molecule has 2 aromatic heterocycles. The van der Waals surface area contributed by atoms with Crippen molar-refractivity contribution < 1.29 is 66.9 Å². The number of piperazine rings is 1. The Labute approximate surface area is 409 Å². The molecule has 0 radical (unpaired) electrons. The van der Waals surface area contributed by atoms with Gasteiger partial charge in [0, 0.05) is 55.3 Å². The number of nitrogen functional groups attached to an aromatic ring is 1. The van der Waals surface area contributed by atoms with Crippen LogP contribution in [0.15, 0.2) is 40.4 Å². The van der Waals surface area contributed by atoms with Crippen molar-refractivity contribution in [2.24, 2.45) is 5.11 Å². The standard InChI is InChI=1S/C44H66N12O15/c45-44-52-40-39(42(60)53-44)50-35(32-48-40)31-47-34-3-1-33(2-4-34)41(59)51-36(43(61)62)5-6-37(57)55-9-11-56(12-10-55)38(58)7-13-63-15-17-65-19-21-67-23-25-69-27-29-71-30-28-70-26-24-68-22-20-66-18-16-64-14-8-49-54-46/h1-4,32,36,47H,5-31H2,(H,51,59)(H,61,62)(H3,45,48,52,53,60)/t36-/m0/s1. The van der Waals surface area contributed by atoms with Crippen molar-refractivity contribution >= 4 is 46.5 Å². The maximum atomic E-state index is 13.0. The third-order valence-corrected chi connectivity index (χ3v) is 10.2. The molecule has 0 unspecified atom stereocenters. The molecule has 392 valence electrons. The van der Waals surface area contributed by atoms with E-state index in [9.17, 15) is 29.1 Å². The SMILES string of the molecule is [N-]=[N+]=NCCOCCOCCOCCOCCOCCOCCOCCOCCOCCC(=O)N1CCN(C(=O)CC[C@H](NC(=O)c2ccc(NCc3cnc4nc(N)[nH]c(=O)c4n3)cc2)C(=O)O)CC1. The molecule has 4 rings (SSSR count). The number of amides is 3. The van der Waals surface area contributed by atoms with Gasteiger partial charge in [-0.1, -0.05) is 5.11 Å². The molecule has 1 aliphatic heterocycles. The Morgan fingerprint density at radius 3 is 1.65 bits per heavy atom. The van der Waals surface area contributed by atoms with E-state index in [0.717, 1.165) is 0 Å². The number of nitrogens with one attached hydrogen (secondary N) is 3. The van der Waals surface area contributed by atoms with E-state index in [1.165, 1.54) is 18.3 Å². The first kappa shape index (κ1) is 57.4. The number of carbonyl (C=O) groups excluding carboxylic acids is 3. The van der Waals surface area contributed by atoms with Crippen molar-refractivity contribution in [3.8, 4) is 0 Å². The van der Waals surface area contributed by atoms with Gasteiger partial charge in [0.15, 0.2) is 11.2 Å². The summed E-state index contributed by atoms with van der Waals surface area (Å²) in [5.41, 5.74) is 14.7. The number of aliphatic carboxylic acids is 1. The molecule has 1 aliphatic rings. The number of benzene rings is 1. The monoisotopic (exact) mass is 1000 g/mol. The number of aromatic amines is 1. The van der Waals surface area contributed by atoms with Crippen molar-refractivity contribution in [3.63, 3.8) is 0 Å². The number of aromatic nitrogens is 4. The van der Waals surface area contributed by atoms with Crippen LogP contribution in [0.2, 0.25) is 0 Å². The lowest BCUT2D eigenvalue weighted by molar-refractivity contribution is -0.142. The minimum absolute atomic E-state index is 0.0465. The molecule has 0 aliphatic carbocycles. The van der Waals surface area contributed by atoms with Crippen LogP contribution in [-0.4, -0.2) is 216 Å². The summed E-state index contributed by atoms with van der Waals surface area (Å²) in [6.45, 7) is 9.20. The van der Waals surface area contributed by atoms with Gasteiger partial charge in [0.2, 0.25) is 17.8 Å². The Morgan fingerprint density at radius 1 is 0.704 bits per heavy atom. The van der Waals surface area contributed by atoms with Crippen LogP contribution in [0.25, 0.3) is 21.6 Å². The van der Waals surface area contributed by atoms with Crippen LogP contribution in [0.4, 0.5) is 11.6 Å². The van der Waals surface area contributed by atoms with Gasteiger partial charge in [0.25, 0.3) is 11.5 Å². The lowest BCUT2D eigenvalue weighted by atomic mass is 10.1. The summed E-state index contributed by atoms with van der Waals surface area (Å²) >= 11 is 0. The summed E-state index contributed by atoms with van der Waals surface area (Å²) in [5.74, 6) is -2.31. The molecular formula is C44H66N12O15. The number of ether oxygens (including phenoxy) is 9. The summed E-state index contributed by atoms with van der Waals surface area (Å²) < 4.78 is 49.0. The molecule has 27 nitrogen and oxygen atoms in total. The first-order valence-corrected chi connectivity index (χ1v) is 23.3. The normalized spacial score (nSPS) is 13.0. The number of azide groups is 1. The van der Waals surface area contributed by atoms with E-state index < -0.39 is 23.5 Å². The van der Waals surface area contributed by atoms with Gasteiger partial charge in [-0.2, -0.15) is 4.98 Å². The largest absolute Gasteiger partial charge is 0.480 e. The van der Waals surface area contributed by atoms with Gasteiger partial charge in [-0.25, -0.2) is 14.8 Å². The van der Waals surface area contributed by atoms with Gasteiger partial charge in [-0.05, 0) is 36.2 Å². The molecule has 1 fully saturated rings. The van der Waals surface area contributed by atoms with Crippen LogP contribution in [0, 0.1) is 0 Å². The highest BCUT2D eigenvalue weighted by Crippen LogP contribution is 2.14. The molecule has 1 aromatic carbocycles. The quantitative estimate of drug-likeness (QED) is 0.0223. The molecule has 71 heavy (non-hydrogen) atoms. The summed E-state index contributed by atoms with van der Waals surface area (Å²) in [7, 11) is 0. The van der Waals surface area contributed by atoms with Crippen LogP contribution < -0.4 is 21.9 Å². The fourth-order valence-corrected chi connectivity index (χ4v) is 6.45. The van der Waals surface area contributed by atoms with Gasteiger partial charge >= 0.3 is 5.97 Å². The van der Waals surface area contributed by atoms with E-state index >= 15 is 0 Å². The maximum absolute atomic E-state index is 13.0. The maximum Gasteiger partial charge on any atom is 0.326 e. The third kappa shape index (κ3) is 24.0. The zero-order valence-corrected chi connectivity index (χ0v) is 39.9. The number of H-pyrrole nitrogens is 1. The summed E-state index contributed by atoms with van der Waals surface area (Å²) in [4.78, 5) is 83.4. The van der Waals surface area contributed by atoms with Crippen molar-refractivity contribution in [1.82, 2.24) is 35.1 Å². The van der Waals surface area contributed by atoms with E-state index in [-0.39, 0.29) is 66.9 Å². The molecule has 0 saturated carbocycles. The number of carboxylic acids is 1. The average molecular weight is 1000 g/mol. The lowest BCUT2D eigenvalue weighted by Gasteiger charge is -2.35. The number of hydrogen-bond donors (Lipinski definition) is 5. The van der Waals surface area contributed by atoms with Gasteiger partial charge in [0.05, 0.1) is 144 Å². The van der Waals surface area contributed by atoms with Gasteiger partial charge in [0.1, 0.15) is 6.04 Å². The fraction of sp³-hybridized carbons (Fsp3) is 0.636. The van der Waals surface area contributed by atoms with E-state index in [4.69, 9.17) is 53.9 Å². The highest BCUT2D eigenvalue weighted by molar-refractivity contribution is 5.97. The third-order valence-electron chi connectivity index (χ3n) is 10.2. The second kappa shape index (κ2) is 35.0. The fourth-order valence-electron chi connectivity index (χ4n) is 6.45. The zero-order chi connectivity index (χ0) is 50.7. The van der Waals surface area contributed by atoms with Crippen molar-refractivity contribution in [2.75, 3.05) is 163 Å². The Morgan fingerprint density at radius 2 is 1.17 bits per heavy atom. The Balaban J connectivity index is 0.914. The van der Waals surface area contributed by atoms with Crippen molar-refractivity contribution in [3.05, 3.63) is 62.5 Å². The zero-order valence-electron chi connectivity index (χ0n) is 39.9. The minimum Gasteiger partial charge on any atom is -0.480 e. The highest BCUT2D eigenvalue weighted by Gasteiger charge is 2.27. The second-order valence-corrected chi connectivity index (χ2v) is 15.3. The number of carboxylic acid groups (broad SMARTS) is 1. The smallest absolute Gasteiger partial charge is 0.326 e. The van der Waals surface area contributed by atoms with Crippen LogP contribution in [-0.2, 0) is 63.6 Å². The topological polar surface area (TPSA) is 348 Å². The second-order valence-electron chi connectivity index (χ2n) is 15.3. The summed E-state index contributed by atoms with van der Waals surface area (Å²) in [5, 5.41) is 18.8. The molecule has 6 N–H and O–H groups in total. The molecule has 0 spiro atoms. The summed E-state index contributed by atoms with van der Waals surface area (Å²) in [6.07, 6.45) is 1.42. The Hall–Kier alpha value is -6.13. The lowest BCUT2D eigenvalue weighted by Crippen LogP contribution is -2.51. The molecular weight excluding hydrogens is 937 g/mol. The Kier molecular flexibility index (Phi) is 28.4. The average Bonchev–Trinajstić information content (AvgIpc) is 3.37. The highest BCUT2D eigenvalue weighted by atomic mass is 16.6. The van der Waals surface area contributed by atoms with E-state index in [1.54, 1.807) is 21.9 Å². The van der Waals surface area contributed by atoms with Gasteiger partial charge in [-0.15, -0.1) is 0 Å². The van der Waals surface area contributed by atoms with Gasteiger partial charge < -0.3 is 73.9 Å². The number of rotatable bonds is 39. The molecule has 0 bridgehead atoms. The van der Waals surface area contributed by atoms with Crippen LogP contribution >= 0.6 is 0 Å². The minimum atomic E-state index is -1.30. The van der Waals surface area contributed by atoms with Crippen LogP contribution in [0.5, 0.6) is 0 Å². The first-order chi connectivity index (χ1) is 34.6. The molecule has 3 heterocycles. The van der Waals surface area contributed by atoms with Crippen molar-refractivity contribution in [2.45, 2.75) is 31.8 Å². The van der Waals surface area contributed by atoms with Gasteiger partial charge in [-0.3, -0.25) is 24.2 Å². The van der Waals surface area contributed by atoms with Crippen molar-refractivity contribution in [1.29, 1.82) is 0 Å². The first-order valence-electron chi connectivity index (χ1n) is 23.3. The number of hydrogen-bond acceptors (Lipinski definition) is 20. The molecule has 27 heteroatoms. The molecule has 3 amide bonds. The van der Waals surface area contributed by atoms with E-state index in [0.29, 0.717) is 156 Å². The number of nitrogens with zero attached hydrogens (tertiary/aromatic N) is 8. The Bertz CT molecular complexity index is 2140. The summed E-state index contributed by atoms with van der Waals surface area (Å²) in [6, 6.07) is 5.00. The number of nitrogens with two attached hydrogens (primary N) is 1. The van der Waals surface area contributed by atoms with Crippen LogP contribution in [0.3, 0.4) is 0 Å². The predicted molar refractivity (Wildman–Crippen MR) is 253 cm³/mol. The number of carbonyl (C=O) groups is 4.